The van der Waals surface area contributed by atoms with E-state index in [9.17, 15) is 4.79 Å². The van der Waals surface area contributed by atoms with Crippen LogP contribution in [0.5, 0.6) is 11.5 Å². The van der Waals surface area contributed by atoms with Crippen molar-refractivity contribution in [2.24, 2.45) is 5.92 Å². The van der Waals surface area contributed by atoms with Crippen molar-refractivity contribution in [1.82, 2.24) is 5.32 Å². The number of methoxy groups -OCH3 is 1. The van der Waals surface area contributed by atoms with Crippen molar-refractivity contribution in [2.45, 2.75) is 40.2 Å². The second-order valence-electron chi connectivity index (χ2n) is 5.51. The zero-order chi connectivity index (χ0) is 16.5. The van der Waals surface area contributed by atoms with Crippen molar-refractivity contribution in [3.05, 3.63) is 23.8 Å². The lowest BCUT2D eigenvalue weighted by Gasteiger charge is -2.16. The van der Waals surface area contributed by atoms with Crippen molar-refractivity contribution in [3.63, 3.8) is 0 Å². The first-order chi connectivity index (χ1) is 10.5. The Morgan fingerprint density at radius 3 is 2.59 bits per heavy atom. The number of nitrogens with one attached hydrogen (secondary N) is 1. The maximum absolute atomic E-state index is 11.5. The number of benzene rings is 1. The summed E-state index contributed by atoms with van der Waals surface area (Å²) in [7, 11) is 1.61. The summed E-state index contributed by atoms with van der Waals surface area (Å²) in [6.45, 7) is 8.52. The predicted molar refractivity (Wildman–Crippen MR) is 88.0 cm³/mol. The number of rotatable bonds is 7. The van der Waals surface area contributed by atoms with Gasteiger partial charge < -0.3 is 14.8 Å². The third-order valence-electron chi connectivity index (χ3n) is 3.23. The van der Waals surface area contributed by atoms with Gasteiger partial charge >= 0.3 is 0 Å². The summed E-state index contributed by atoms with van der Waals surface area (Å²) in [6, 6.07) is 5.54. The Balaban J connectivity index is 2.78. The summed E-state index contributed by atoms with van der Waals surface area (Å²) < 4.78 is 11.1. The second-order valence-corrected chi connectivity index (χ2v) is 5.51. The van der Waals surface area contributed by atoms with Crippen molar-refractivity contribution in [1.29, 1.82) is 0 Å². The molecule has 120 valence electrons. The fourth-order valence-corrected chi connectivity index (χ4v) is 1.91. The number of ether oxygens (including phenoxy) is 2. The molecule has 4 nitrogen and oxygen atoms in total. The third kappa shape index (κ3) is 5.69. The van der Waals surface area contributed by atoms with E-state index in [0.717, 1.165) is 17.7 Å². The number of amides is 1. The maximum Gasteiger partial charge on any atom is 0.296 e. The molecule has 22 heavy (non-hydrogen) atoms. The van der Waals surface area contributed by atoms with Crippen LogP contribution < -0.4 is 14.8 Å². The zero-order valence-corrected chi connectivity index (χ0v) is 14.0. The summed E-state index contributed by atoms with van der Waals surface area (Å²) in [5.41, 5.74) is 0.944. The molecular formula is C18H25NO3. The van der Waals surface area contributed by atoms with Gasteiger partial charge in [-0.2, -0.15) is 0 Å². The summed E-state index contributed by atoms with van der Waals surface area (Å²) in [4.78, 5) is 11.5. The van der Waals surface area contributed by atoms with Crippen LogP contribution in [0, 0.1) is 17.8 Å². The molecule has 1 atom stereocenters. The molecule has 0 saturated carbocycles. The van der Waals surface area contributed by atoms with Gasteiger partial charge in [-0.1, -0.05) is 25.8 Å². The van der Waals surface area contributed by atoms with E-state index in [0.29, 0.717) is 18.3 Å². The molecule has 1 N–H and O–H groups in total. The van der Waals surface area contributed by atoms with Gasteiger partial charge in [-0.25, -0.2) is 0 Å². The largest absolute Gasteiger partial charge is 0.493 e. The molecule has 0 spiro atoms. The van der Waals surface area contributed by atoms with Crippen LogP contribution in [-0.4, -0.2) is 19.6 Å². The fourth-order valence-electron chi connectivity index (χ4n) is 1.91. The lowest BCUT2D eigenvalue weighted by Crippen LogP contribution is -2.25. The highest BCUT2D eigenvalue weighted by Crippen LogP contribution is 2.30. The van der Waals surface area contributed by atoms with Crippen molar-refractivity contribution >= 4 is 5.91 Å². The quantitative estimate of drug-likeness (QED) is 0.786. The second kappa shape index (κ2) is 8.99. The Morgan fingerprint density at radius 1 is 1.27 bits per heavy atom. The Kier molecular flexibility index (Phi) is 7.31. The monoisotopic (exact) mass is 303 g/mol. The number of hydrogen-bond acceptors (Lipinski definition) is 3. The molecule has 0 radical (unpaired) electrons. The van der Waals surface area contributed by atoms with E-state index in [-0.39, 0.29) is 11.9 Å². The lowest BCUT2D eigenvalue weighted by atomic mass is 10.1. The van der Waals surface area contributed by atoms with Crippen LogP contribution in [0.3, 0.4) is 0 Å². The predicted octanol–water partition coefficient (Wildman–Crippen LogP) is 3.32. The summed E-state index contributed by atoms with van der Waals surface area (Å²) >= 11 is 0. The van der Waals surface area contributed by atoms with Crippen LogP contribution in [-0.2, 0) is 4.79 Å². The van der Waals surface area contributed by atoms with E-state index >= 15 is 0 Å². The molecule has 0 aliphatic carbocycles. The minimum Gasteiger partial charge on any atom is -0.493 e. The Hall–Kier alpha value is -2.15. The van der Waals surface area contributed by atoms with Crippen LogP contribution in [0.1, 0.15) is 45.7 Å². The normalized spacial score (nSPS) is 11.4. The Labute approximate surface area is 133 Å². The van der Waals surface area contributed by atoms with E-state index in [2.05, 4.69) is 31.0 Å². The van der Waals surface area contributed by atoms with Gasteiger partial charge in [-0.05, 0) is 49.8 Å². The first-order valence-electron chi connectivity index (χ1n) is 7.51. The molecule has 0 aromatic heterocycles. The number of hydrogen-bond donors (Lipinski definition) is 1. The van der Waals surface area contributed by atoms with Crippen LogP contribution in [0.25, 0.3) is 0 Å². The van der Waals surface area contributed by atoms with E-state index in [4.69, 9.17) is 9.47 Å². The van der Waals surface area contributed by atoms with E-state index < -0.39 is 0 Å². The van der Waals surface area contributed by atoms with Gasteiger partial charge in [-0.3, -0.25) is 4.79 Å². The Morgan fingerprint density at radius 2 is 2.00 bits per heavy atom. The molecule has 0 fully saturated rings. The van der Waals surface area contributed by atoms with Crippen molar-refractivity contribution < 1.29 is 14.3 Å². The number of carbonyl (C=O) groups is 1. The SMILES string of the molecule is CC#CC(=O)N[C@H](C)c1ccc(OCCC(C)C)c(OC)c1. The van der Waals surface area contributed by atoms with Crippen LogP contribution in [0.4, 0.5) is 0 Å². The highest BCUT2D eigenvalue weighted by atomic mass is 16.5. The molecule has 1 rings (SSSR count). The summed E-state index contributed by atoms with van der Waals surface area (Å²) in [5.74, 6) is 6.75. The highest BCUT2D eigenvalue weighted by molar-refractivity contribution is 5.93. The number of carbonyl (C=O) groups excluding carboxylic acids is 1. The van der Waals surface area contributed by atoms with Gasteiger partial charge in [0.25, 0.3) is 5.91 Å². The molecule has 0 aliphatic heterocycles. The van der Waals surface area contributed by atoms with Gasteiger partial charge in [-0.15, -0.1) is 0 Å². The van der Waals surface area contributed by atoms with Crippen molar-refractivity contribution in [2.75, 3.05) is 13.7 Å². The molecule has 0 heterocycles. The van der Waals surface area contributed by atoms with Crippen LogP contribution in [0.2, 0.25) is 0 Å². The fraction of sp³-hybridized carbons (Fsp3) is 0.500. The molecule has 0 bridgehead atoms. The molecule has 0 aliphatic rings. The van der Waals surface area contributed by atoms with Crippen LogP contribution >= 0.6 is 0 Å². The average Bonchev–Trinajstić information content (AvgIpc) is 2.47. The molecule has 1 amide bonds. The molecule has 1 aromatic rings. The summed E-state index contributed by atoms with van der Waals surface area (Å²) in [5, 5.41) is 2.82. The van der Waals surface area contributed by atoms with Gasteiger partial charge in [0.05, 0.1) is 19.8 Å². The average molecular weight is 303 g/mol. The molecule has 1 aromatic carbocycles. The molecule has 4 heteroatoms. The van der Waals surface area contributed by atoms with Gasteiger partial charge in [0.15, 0.2) is 11.5 Å². The smallest absolute Gasteiger partial charge is 0.296 e. The molecule has 0 unspecified atom stereocenters. The standard InChI is InChI=1S/C18H25NO3/c1-6-7-18(20)19-14(4)15-8-9-16(17(12-15)21-5)22-11-10-13(2)3/h8-9,12-14H,10-11H2,1-5H3,(H,19,20)/t14-/m1/s1. The zero-order valence-electron chi connectivity index (χ0n) is 14.0. The van der Waals surface area contributed by atoms with E-state index in [1.807, 2.05) is 25.1 Å². The van der Waals surface area contributed by atoms with Crippen molar-refractivity contribution in [3.8, 4) is 23.3 Å². The van der Waals surface area contributed by atoms with Gasteiger partial charge in [0, 0.05) is 0 Å². The van der Waals surface area contributed by atoms with Crippen LogP contribution in [0.15, 0.2) is 18.2 Å². The minimum absolute atomic E-state index is 0.146. The Bertz CT molecular complexity index is 555. The summed E-state index contributed by atoms with van der Waals surface area (Å²) in [6.07, 6.45) is 0.993. The van der Waals surface area contributed by atoms with E-state index in [1.54, 1.807) is 14.0 Å². The van der Waals surface area contributed by atoms with Gasteiger partial charge in [0.2, 0.25) is 0 Å². The topological polar surface area (TPSA) is 47.6 Å². The first kappa shape index (κ1) is 17.9. The highest BCUT2D eigenvalue weighted by Gasteiger charge is 2.12. The van der Waals surface area contributed by atoms with Gasteiger partial charge in [0.1, 0.15) is 0 Å². The lowest BCUT2D eigenvalue weighted by molar-refractivity contribution is -0.116. The maximum atomic E-state index is 11.5. The first-order valence-corrected chi connectivity index (χ1v) is 7.51. The molecule has 0 saturated heterocycles. The minimum atomic E-state index is -0.286. The third-order valence-corrected chi connectivity index (χ3v) is 3.23. The molecular weight excluding hydrogens is 278 g/mol. The van der Waals surface area contributed by atoms with E-state index in [1.165, 1.54) is 0 Å².